The van der Waals surface area contributed by atoms with Crippen LogP contribution in [0, 0.1) is 5.92 Å². The van der Waals surface area contributed by atoms with Crippen LogP contribution < -0.4 is 10.1 Å². The second-order valence-corrected chi connectivity index (χ2v) is 6.44. The van der Waals surface area contributed by atoms with E-state index in [4.69, 9.17) is 4.74 Å². The summed E-state index contributed by atoms with van der Waals surface area (Å²) in [4.78, 5) is 20.5. The number of aromatic nitrogens is 2. The molecule has 0 bridgehead atoms. The van der Waals surface area contributed by atoms with Gasteiger partial charge in [0.2, 0.25) is 0 Å². The first-order valence-electron chi connectivity index (χ1n) is 8.51. The number of rotatable bonds is 6. The van der Waals surface area contributed by atoms with E-state index in [-0.39, 0.29) is 17.9 Å². The van der Waals surface area contributed by atoms with Crippen LogP contribution in [0.1, 0.15) is 32.6 Å². The van der Waals surface area contributed by atoms with Gasteiger partial charge in [0.05, 0.1) is 17.1 Å². The SMILES string of the molecule is CC(C)[C@H](NC(=O)[C@@H](C)Oc1ccccc1)c1nc2ccccc2[nH]1. The molecule has 2 N–H and O–H groups in total. The number of hydrogen-bond donors (Lipinski definition) is 2. The Hall–Kier alpha value is -2.82. The van der Waals surface area contributed by atoms with E-state index in [9.17, 15) is 4.79 Å². The van der Waals surface area contributed by atoms with Gasteiger partial charge in [-0.3, -0.25) is 4.79 Å². The van der Waals surface area contributed by atoms with Crippen molar-refractivity contribution in [3.63, 3.8) is 0 Å². The summed E-state index contributed by atoms with van der Waals surface area (Å²) in [7, 11) is 0. The molecule has 0 spiro atoms. The monoisotopic (exact) mass is 337 g/mol. The quantitative estimate of drug-likeness (QED) is 0.718. The second-order valence-electron chi connectivity index (χ2n) is 6.44. The lowest BCUT2D eigenvalue weighted by molar-refractivity contribution is -0.128. The Morgan fingerprint density at radius 3 is 2.40 bits per heavy atom. The number of fused-ring (bicyclic) bond motifs is 1. The molecule has 2 atom stereocenters. The molecule has 5 heteroatoms. The van der Waals surface area contributed by atoms with E-state index in [0.717, 1.165) is 16.9 Å². The fourth-order valence-corrected chi connectivity index (χ4v) is 2.70. The van der Waals surface area contributed by atoms with Crippen LogP contribution in [0.3, 0.4) is 0 Å². The number of carbonyl (C=O) groups excluding carboxylic acids is 1. The molecule has 1 amide bonds. The molecule has 0 saturated heterocycles. The van der Waals surface area contributed by atoms with Gasteiger partial charge in [0.1, 0.15) is 11.6 Å². The number of benzene rings is 2. The predicted molar refractivity (Wildman–Crippen MR) is 98.3 cm³/mol. The van der Waals surface area contributed by atoms with Gasteiger partial charge in [-0.15, -0.1) is 0 Å². The summed E-state index contributed by atoms with van der Waals surface area (Å²) in [6, 6.07) is 17.0. The zero-order valence-corrected chi connectivity index (χ0v) is 14.7. The van der Waals surface area contributed by atoms with Gasteiger partial charge in [0.15, 0.2) is 6.10 Å². The van der Waals surface area contributed by atoms with E-state index in [2.05, 4.69) is 29.1 Å². The molecule has 0 aliphatic rings. The summed E-state index contributed by atoms with van der Waals surface area (Å²) in [5.41, 5.74) is 1.86. The van der Waals surface area contributed by atoms with E-state index in [1.54, 1.807) is 6.92 Å². The Bertz CT molecular complexity index is 809. The molecule has 0 aliphatic carbocycles. The molecule has 5 nitrogen and oxygen atoms in total. The van der Waals surface area contributed by atoms with Gasteiger partial charge in [-0.05, 0) is 37.1 Å². The van der Waals surface area contributed by atoms with Crippen LogP contribution in [-0.2, 0) is 4.79 Å². The zero-order chi connectivity index (χ0) is 17.8. The number of imidazole rings is 1. The Morgan fingerprint density at radius 2 is 1.72 bits per heavy atom. The second kappa shape index (κ2) is 7.38. The molecule has 1 aromatic heterocycles. The van der Waals surface area contributed by atoms with Crippen LogP contribution >= 0.6 is 0 Å². The van der Waals surface area contributed by atoms with Crippen molar-refractivity contribution in [2.75, 3.05) is 0 Å². The normalized spacial score (nSPS) is 13.6. The minimum atomic E-state index is -0.590. The molecule has 3 rings (SSSR count). The topological polar surface area (TPSA) is 67.0 Å². The number of H-pyrrole nitrogens is 1. The maximum atomic E-state index is 12.6. The lowest BCUT2D eigenvalue weighted by Crippen LogP contribution is -2.40. The summed E-state index contributed by atoms with van der Waals surface area (Å²) >= 11 is 0. The van der Waals surface area contributed by atoms with Crippen molar-refractivity contribution in [1.29, 1.82) is 0 Å². The average Bonchev–Trinajstić information content (AvgIpc) is 3.03. The number of para-hydroxylation sites is 3. The van der Waals surface area contributed by atoms with Crippen molar-refractivity contribution in [3.05, 3.63) is 60.4 Å². The Labute approximate surface area is 147 Å². The maximum Gasteiger partial charge on any atom is 0.261 e. The number of carbonyl (C=O) groups is 1. The summed E-state index contributed by atoms with van der Waals surface area (Å²) in [5.74, 6) is 1.46. The summed E-state index contributed by atoms with van der Waals surface area (Å²) in [5, 5.41) is 3.06. The molecule has 2 aromatic carbocycles. The number of nitrogens with zero attached hydrogens (tertiary/aromatic N) is 1. The van der Waals surface area contributed by atoms with Crippen LogP contribution in [0.15, 0.2) is 54.6 Å². The van der Waals surface area contributed by atoms with E-state index in [0.29, 0.717) is 5.75 Å². The van der Waals surface area contributed by atoms with Crippen molar-refractivity contribution in [3.8, 4) is 5.75 Å². The molecular weight excluding hydrogens is 314 g/mol. The Morgan fingerprint density at radius 1 is 1.04 bits per heavy atom. The smallest absolute Gasteiger partial charge is 0.261 e. The highest BCUT2D eigenvalue weighted by Gasteiger charge is 2.25. The lowest BCUT2D eigenvalue weighted by atomic mass is 10.0. The maximum absolute atomic E-state index is 12.6. The van der Waals surface area contributed by atoms with Crippen LogP contribution in [0.4, 0.5) is 0 Å². The minimum Gasteiger partial charge on any atom is -0.481 e. The van der Waals surface area contributed by atoms with E-state index in [1.807, 2.05) is 54.6 Å². The van der Waals surface area contributed by atoms with Crippen molar-refractivity contribution in [2.45, 2.75) is 32.9 Å². The molecule has 0 aliphatic heterocycles. The van der Waals surface area contributed by atoms with Crippen LogP contribution in [0.5, 0.6) is 5.75 Å². The van der Waals surface area contributed by atoms with Crippen LogP contribution in [0.2, 0.25) is 0 Å². The van der Waals surface area contributed by atoms with Gasteiger partial charge in [0.25, 0.3) is 5.91 Å². The third kappa shape index (κ3) is 3.99. The van der Waals surface area contributed by atoms with Gasteiger partial charge >= 0.3 is 0 Å². The number of hydrogen-bond acceptors (Lipinski definition) is 3. The standard InChI is InChI=1S/C20H23N3O2/c1-13(2)18(19-21-16-11-7-8-12-17(16)22-19)23-20(24)14(3)25-15-9-5-4-6-10-15/h4-14,18H,1-3H3,(H,21,22)(H,23,24)/t14-,18+/m1/s1. The number of amides is 1. The average molecular weight is 337 g/mol. The minimum absolute atomic E-state index is 0.164. The Kier molecular flexibility index (Phi) is 5.03. The molecule has 130 valence electrons. The summed E-state index contributed by atoms with van der Waals surface area (Å²) in [6.07, 6.45) is -0.590. The van der Waals surface area contributed by atoms with E-state index in [1.165, 1.54) is 0 Å². The predicted octanol–water partition coefficient (Wildman–Crippen LogP) is 3.84. The van der Waals surface area contributed by atoms with Crippen molar-refractivity contribution < 1.29 is 9.53 Å². The molecular formula is C20H23N3O2. The van der Waals surface area contributed by atoms with Gasteiger partial charge in [-0.1, -0.05) is 44.2 Å². The first-order chi connectivity index (χ1) is 12.0. The third-order valence-electron chi connectivity index (χ3n) is 4.09. The van der Waals surface area contributed by atoms with Crippen LogP contribution in [0.25, 0.3) is 11.0 Å². The van der Waals surface area contributed by atoms with Gasteiger partial charge in [0, 0.05) is 0 Å². The molecule has 25 heavy (non-hydrogen) atoms. The van der Waals surface area contributed by atoms with Crippen LogP contribution in [-0.4, -0.2) is 22.0 Å². The van der Waals surface area contributed by atoms with E-state index < -0.39 is 6.10 Å². The lowest BCUT2D eigenvalue weighted by Gasteiger charge is -2.23. The largest absolute Gasteiger partial charge is 0.481 e. The first-order valence-corrected chi connectivity index (χ1v) is 8.51. The molecule has 0 saturated carbocycles. The number of ether oxygens (including phenoxy) is 1. The molecule has 3 aromatic rings. The molecule has 0 unspecified atom stereocenters. The summed E-state index contributed by atoms with van der Waals surface area (Å²) in [6.45, 7) is 5.86. The van der Waals surface area contributed by atoms with Crippen molar-refractivity contribution in [1.82, 2.24) is 15.3 Å². The van der Waals surface area contributed by atoms with E-state index >= 15 is 0 Å². The third-order valence-corrected chi connectivity index (χ3v) is 4.09. The summed E-state index contributed by atoms with van der Waals surface area (Å²) < 4.78 is 5.71. The highest BCUT2D eigenvalue weighted by molar-refractivity contribution is 5.81. The van der Waals surface area contributed by atoms with Gasteiger partial charge < -0.3 is 15.0 Å². The van der Waals surface area contributed by atoms with Crippen molar-refractivity contribution >= 4 is 16.9 Å². The molecule has 1 heterocycles. The molecule has 0 fully saturated rings. The number of nitrogens with one attached hydrogen (secondary N) is 2. The zero-order valence-electron chi connectivity index (χ0n) is 14.7. The fourth-order valence-electron chi connectivity index (χ4n) is 2.70. The highest BCUT2D eigenvalue weighted by atomic mass is 16.5. The van der Waals surface area contributed by atoms with Gasteiger partial charge in [-0.25, -0.2) is 4.98 Å². The Balaban J connectivity index is 1.73. The first kappa shape index (κ1) is 17.0. The fraction of sp³-hybridized carbons (Fsp3) is 0.300. The van der Waals surface area contributed by atoms with Gasteiger partial charge in [-0.2, -0.15) is 0 Å². The van der Waals surface area contributed by atoms with Crippen molar-refractivity contribution in [2.24, 2.45) is 5.92 Å². The molecule has 0 radical (unpaired) electrons. The number of aromatic amines is 1. The highest BCUT2D eigenvalue weighted by Crippen LogP contribution is 2.22.